The van der Waals surface area contributed by atoms with Crippen LogP contribution in [-0.4, -0.2) is 64.3 Å². The third-order valence-corrected chi connectivity index (χ3v) is 4.47. The van der Waals surface area contributed by atoms with E-state index >= 15 is 0 Å². The molecule has 0 atom stereocenters. The number of hydrogen-bond donors (Lipinski definition) is 1. The number of furan rings is 1. The zero-order chi connectivity index (χ0) is 19.2. The molecule has 1 N–H and O–H groups in total. The number of aromatic nitrogens is 2. The van der Waals surface area contributed by atoms with Crippen LogP contribution < -0.4 is 5.32 Å². The lowest BCUT2D eigenvalue weighted by molar-refractivity contribution is 0.0515. The van der Waals surface area contributed by atoms with E-state index in [0.29, 0.717) is 49.5 Å². The molecular formula is C19H25N5O3. The Bertz CT molecular complexity index is 767. The van der Waals surface area contributed by atoms with Crippen molar-refractivity contribution in [2.75, 3.05) is 38.0 Å². The molecule has 1 aliphatic rings. The van der Waals surface area contributed by atoms with Crippen LogP contribution in [0.5, 0.6) is 0 Å². The van der Waals surface area contributed by atoms with Gasteiger partial charge in [0.1, 0.15) is 5.69 Å². The molecular weight excluding hydrogens is 346 g/mol. The number of carbonyl (C=O) groups excluding carboxylic acids is 2. The van der Waals surface area contributed by atoms with E-state index in [2.05, 4.69) is 29.1 Å². The van der Waals surface area contributed by atoms with Crippen LogP contribution in [0.25, 0.3) is 0 Å². The van der Waals surface area contributed by atoms with Gasteiger partial charge in [0, 0.05) is 38.9 Å². The van der Waals surface area contributed by atoms with Crippen molar-refractivity contribution in [3.05, 3.63) is 42.1 Å². The highest BCUT2D eigenvalue weighted by atomic mass is 16.3. The SMILES string of the molecule is CC(C)CCNc1nccc(C(=O)N2CCN(C(=O)c3ccco3)CC2)n1. The van der Waals surface area contributed by atoms with Gasteiger partial charge in [0.15, 0.2) is 5.76 Å². The van der Waals surface area contributed by atoms with E-state index in [1.807, 2.05) is 0 Å². The molecule has 2 aromatic rings. The van der Waals surface area contributed by atoms with E-state index in [-0.39, 0.29) is 11.8 Å². The number of nitrogens with zero attached hydrogens (tertiary/aromatic N) is 4. The Morgan fingerprint density at radius 1 is 1.15 bits per heavy atom. The number of piperazine rings is 1. The Hall–Kier alpha value is -2.90. The summed E-state index contributed by atoms with van der Waals surface area (Å²) in [5, 5.41) is 3.16. The fourth-order valence-corrected chi connectivity index (χ4v) is 2.87. The number of nitrogens with one attached hydrogen (secondary N) is 1. The zero-order valence-electron chi connectivity index (χ0n) is 15.7. The molecule has 144 valence electrons. The van der Waals surface area contributed by atoms with Gasteiger partial charge >= 0.3 is 0 Å². The van der Waals surface area contributed by atoms with E-state index in [0.717, 1.165) is 13.0 Å². The van der Waals surface area contributed by atoms with Gasteiger partial charge in [-0.1, -0.05) is 13.8 Å². The second kappa shape index (κ2) is 8.66. The first-order chi connectivity index (χ1) is 13.0. The Morgan fingerprint density at radius 2 is 1.85 bits per heavy atom. The fourth-order valence-electron chi connectivity index (χ4n) is 2.87. The molecule has 3 heterocycles. The van der Waals surface area contributed by atoms with Crippen LogP contribution in [-0.2, 0) is 0 Å². The first-order valence-electron chi connectivity index (χ1n) is 9.23. The van der Waals surface area contributed by atoms with Gasteiger partial charge < -0.3 is 19.5 Å². The minimum atomic E-state index is -0.147. The minimum Gasteiger partial charge on any atom is -0.459 e. The lowest BCUT2D eigenvalue weighted by Crippen LogP contribution is -2.50. The maximum Gasteiger partial charge on any atom is 0.289 e. The van der Waals surface area contributed by atoms with Crippen LogP contribution in [0.2, 0.25) is 0 Å². The second-order valence-corrected chi connectivity index (χ2v) is 6.94. The number of hydrogen-bond acceptors (Lipinski definition) is 6. The van der Waals surface area contributed by atoms with Crippen LogP contribution >= 0.6 is 0 Å². The summed E-state index contributed by atoms with van der Waals surface area (Å²) in [6.07, 6.45) is 4.08. The Labute approximate surface area is 158 Å². The molecule has 0 radical (unpaired) electrons. The highest BCUT2D eigenvalue weighted by molar-refractivity contribution is 5.93. The van der Waals surface area contributed by atoms with E-state index in [9.17, 15) is 9.59 Å². The second-order valence-electron chi connectivity index (χ2n) is 6.94. The monoisotopic (exact) mass is 371 g/mol. The summed E-state index contributed by atoms with van der Waals surface area (Å²) in [6, 6.07) is 4.96. The lowest BCUT2D eigenvalue weighted by atomic mass is 10.1. The maximum atomic E-state index is 12.7. The average molecular weight is 371 g/mol. The van der Waals surface area contributed by atoms with Crippen molar-refractivity contribution < 1.29 is 14.0 Å². The van der Waals surface area contributed by atoms with Gasteiger partial charge in [0.05, 0.1) is 6.26 Å². The van der Waals surface area contributed by atoms with E-state index in [1.54, 1.807) is 34.2 Å². The summed E-state index contributed by atoms with van der Waals surface area (Å²) < 4.78 is 5.16. The fraction of sp³-hybridized carbons (Fsp3) is 0.474. The van der Waals surface area contributed by atoms with Crippen LogP contribution in [0.3, 0.4) is 0 Å². The summed E-state index contributed by atoms with van der Waals surface area (Å²) in [5.41, 5.74) is 0.364. The summed E-state index contributed by atoms with van der Waals surface area (Å²) in [4.78, 5) is 36.9. The molecule has 0 aliphatic carbocycles. The number of rotatable bonds is 6. The summed E-state index contributed by atoms with van der Waals surface area (Å²) in [7, 11) is 0. The standard InChI is InChI=1S/C19H25N5O3/c1-14(2)5-7-20-19-21-8-6-15(22-19)17(25)23-9-11-24(12-10-23)18(26)16-4-3-13-27-16/h3-4,6,8,13-14H,5,7,9-12H2,1-2H3,(H,20,21,22). The predicted molar refractivity (Wildman–Crippen MR) is 100 cm³/mol. The Kier molecular flexibility index (Phi) is 6.05. The van der Waals surface area contributed by atoms with Crippen LogP contribution in [0.1, 0.15) is 41.3 Å². The molecule has 0 unspecified atom stereocenters. The number of carbonyl (C=O) groups is 2. The molecule has 27 heavy (non-hydrogen) atoms. The van der Waals surface area contributed by atoms with E-state index in [4.69, 9.17) is 4.42 Å². The van der Waals surface area contributed by atoms with Gasteiger partial charge in [-0.3, -0.25) is 9.59 Å². The Balaban J connectivity index is 1.55. The topological polar surface area (TPSA) is 91.6 Å². The molecule has 0 saturated carbocycles. The normalized spacial score (nSPS) is 14.5. The van der Waals surface area contributed by atoms with Gasteiger partial charge in [0.25, 0.3) is 11.8 Å². The number of amides is 2. The van der Waals surface area contributed by atoms with Crippen LogP contribution in [0, 0.1) is 5.92 Å². The van der Waals surface area contributed by atoms with Gasteiger partial charge in [-0.05, 0) is 30.5 Å². The number of anilines is 1. The molecule has 0 bridgehead atoms. The molecule has 1 aliphatic heterocycles. The van der Waals surface area contributed by atoms with Crippen LogP contribution in [0.4, 0.5) is 5.95 Å². The lowest BCUT2D eigenvalue weighted by Gasteiger charge is -2.34. The smallest absolute Gasteiger partial charge is 0.289 e. The van der Waals surface area contributed by atoms with Crippen LogP contribution in [0.15, 0.2) is 35.1 Å². The molecule has 1 saturated heterocycles. The summed E-state index contributed by atoms with van der Waals surface area (Å²) in [5.74, 6) is 1.08. The van der Waals surface area contributed by atoms with Gasteiger partial charge in [-0.25, -0.2) is 9.97 Å². The molecule has 1 fully saturated rings. The third kappa shape index (κ3) is 4.84. The van der Waals surface area contributed by atoms with E-state index in [1.165, 1.54) is 6.26 Å². The zero-order valence-corrected chi connectivity index (χ0v) is 15.7. The average Bonchev–Trinajstić information content (AvgIpc) is 3.22. The first kappa shape index (κ1) is 18.9. The molecule has 2 amide bonds. The van der Waals surface area contributed by atoms with Crippen molar-refractivity contribution in [2.45, 2.75) is 20.3 Å². The molecule has 0 aromatic carbocycles. The summed E-state index contributed by atoms with van der Waals surface area (Å²) >= 11 is 0. The predicted octanol–water partition coefficient (Wildman–Crippen LogP) is 2.13. The van der Waals surface area contributed by atoms with Crippen molar-refractivity contribution in [3.8, 4) is 0 Å². The van der Waals surface area contributed by atoms with Gasteiger partial charge in [-0.2, -0.15) is 0 Å². The molecule has 8 nitrogen and oxygen atoms in total. The third-order valence-electron chi connectivity index (χ3n) is 4.47. The van der Waals surface area contributed by atoms with Gasteiger partial charge in [0.2, 0.25) is 5.95 Å². The van der Waals surface area contributed by atoms with Crippen molar-refractivity contribution in [1.29, 1.82) is 0 Å². The van der Waals surface area contributed by atoms with Crippen molar-refractivity contribution in [3.63, 3.8) is 0 Å². The molecule has 2 aromatic heterocycles. The minimum absolute atomic E-state index is 0.144. The van der Waals surface area contributed by atoms with E-state index < -0.39 is 0 Å². The van der Waals surface area contributed by atoms with Crippen molar-refractivity contribution in [1.82, 2.24) is 19.8 Å². The highest BCUT2D eigenvalue weighted by Crippen LogP contribution is 2.12. The van der Waals surface area contributed by atoms with Crippen molar-refractivity contribution >= 4 is 17.8 Å². The summed E-state index contributed by atoms with van der Waals surface area (Å²) in [6.45, 7) is 6.93. The maximum absolute atomic E-state index is 12.7. The van der Waals surface area contributed by atoms with Gasteiger partial charge in [-0.15, -0.1) is 0 Å². The Morgan fingerprint density at radius 3 is 2.48 bits per heavy atom. The molecule has 3 rings (SSSR count). The molecule has 8 heteroatoms. The highest BCUT2D eigenvalue weighted by Gasteiger charge is 2.27. The first-order valence-corrected chi connectivity index (χ1v) is 9.23. The molecule has 0 spiro atoms. The quantitative estimate of drug-likeness (QED) is 0.836. The largest absolute Gasteiger partial charge is 0.459 e. The van der Waals surface area contributed by atoms with Crippen molar-refractivity contribution in [2.24, 2.45) is 5.92 Å².